The van der Waals surface area contributed by atoms with Crippen molar-refractivity contribution < 1.29 is 17.9 Å². The first-order valence-corrected chi connectivity index (χ1v) is 10.1. The van der Waals surface area contributed by atoms with Gasteiger partial charge in [-0.3, -0.25) is 9.10 Å². The SMILES string of the molecule is CCS(=O)(=O)N1CCCc2cc(C(=O)Nc3ccc(OC)cc3)ccc21. The molecule has 0 atom stereocenters. The van der Waals surface area contributed by atoms with E-state index in [9.17, 15) is 13.2 Å². The Balaban J connectivity index is 1.82. The van der Waals surface area contributed by atoms with Crippen LogP contribution in [0.25, 0.3) is 0 Å². The molecule has 0 saturated carbocycles. The van der Waals surface area contributed by atoms with E-state index in [1.165, 1.54) is 4.31 Å². The summed E-state index contributed by atoms with van der Waals surface area (Å²) in [7, 11) is -1.72. The molecule has 138 valence electrons. The van der Waals surface area contributed by atoms with E-state index in [4.69, 9.17) is 4.74 Å². The first-order chi connectivity index (χ1) is 12.4. The van der Waals surface area contributed by atoms with E-state index < -0.39 is 10.0 Å². The lowest BCUT2D eigenvalue weighted by Crippen LogP contribution is -2.36. The molecule has 0 radical (unpaired) electrons. The number of carbonyl (C=O) groups is 1. The van der Waals surface area contributed by atoms with E-state index in [-0.39, 0.29) is 11.7 Å². The molecule has 6 nitrogen and oxygen atoms in total. The molecule has 0 unspecified atom stereocenters. The summed E-state index contributed by atoms with van der Waals surface area (Å²) in [5.74, 6) is 0.550. The summed E-state index contributed by atoms with van der Waals surface area (Å²) < 4.78 is 31.1. The van der Waals surface area contributed by atoms with Crippen molar-refractivity contribution in [3.05, 3.63) is 53.6 Å². The van der Waals surface area contributed by atoms with Crippen LogP contribution >= 0.6 is 0 Å². The molecule has 1 N–H and O–H groups in total. The number of benzene rings is 2. The van der Waals surface area contributed by atoms with E-state index in [1.807, 2.05) is 0 Å². The number of anilines is 2. The number of hydrogen-bond acceptors (Lipinski definition) is 4. The largest absolute Gasteiger partial charge is 0.497 e. The number of aryl methyl sites for hydroxylation is 1. The maximum absolute atomic E-state index is 12.5. The highest BCUT2D eigenvalue weighted by Gasteiger charge is 2.26. The third-order valence-electron chi connectivity index (χ3n) is 4.47. The van der Waals surface area contributed by atoms with Gasteiger partial charge in [-0.05, 0) is 67.8 Å². The number of rotatable bonds is 5. The highest BCUT2D eigenvalue weighted by atomic mass is 32.2. The quantitative estimate of drug-likeness (QED) is 0.873. The van der Waals surface area contributed by atoms with Gasteiger partial charge in [-0.25, -0.2) is 8.42 Å². The maximum Gasteiger partial charge on any atom is 0.255 e. The van der Waals surface area contributed by atoms with Crippen LogP contribution in [0.1, 0.15) is 29.3 Å². The van der Waals surface area contributed by atoms with Crippen LogP contribution in [0.2, 0.25) is 0 Å². The van der Waals surface area contributed by atoms with Gasteiger partial charge in [-0.2, -0.15) is 0 Å². The molecule has 26 heavy (non-hydrogen) atoms. The molecular formula is C19H22N2O4S. The topological polar surface area (TPSA) is 75.7 Å². The van der Waals surface area contributed by atoms with Crippen LogP contribution in [-0.4, -0.2) is 33.7 Å². The average molecular weight is 374 g/mol. The Morgan fingerprint density at radius 3 is 2.58 bits per heavy atom. The number of sulfonamides is 1. The maximum atomic E-state index is 12.5. The predicted molar refractivity (Wildman–Crippen MR) is 103 cm³/mol. The zero-order chi connectivity index (χ0) is 18.7. The second-order valence-corrected chi connectivity index (χ2v) is 8.28. The molecule has 7 heteroatoms. The summed E-state index contributed by atoms with van der Waals surface area (Å²) in [5.41, 5.74) is 2.74. The van der Waals surface area contributed by atoms with Crippen LogP contribution in [0.15, 0.2) is 42.5 Å². The summed E-state index contributed by atoms with van der Waals surface area (Å²) in [5, 5.41) is 2.84. The molecule has 0 fully saturated rings. The number of hydrogen-bond donors (Lipinski definition) is 1. The summed E-state index contributed by atoms with van der Waals surface area (Å²) in [6, 6.07) is 12.3. The molecule has 3 rings (SSSR count). The number of methoxy groups -OCH3 is 1. The predicted octanol–water partition coefficient (Wildman–Crippen LogP) is 3.05. The smallest absolute Gasteiger partial charge is 0.255 e. The third-order valence-corrected chi connectivity index (χ3v) is 6.25. The van der Waals surface area contributed by atoms with E-state index >= 15 is 0 Å². The van der Waals surface area contributed by atoms with Crippen LogP contribution in [0.4, 0.5) is 11.4 Å². The number of carbonyl (C=O) groups excluding carboxylic acids is 1. The van der Waals surface area contributed by atoms with Gasteiger partial charge < -0.3 is 10.1 Å². The van der Waals surface area contributed by atoms with Gasteiger partial charge in [0.15, 0.2) is 0 Å². The summed E-state index contributed by atoms with van der Waals surface area (Å²) in [6.07, 6.45) is 1.50. The van der Waals surface area contributed by atoms with Crippen molar-refractivity contribution in [3.63, 3.8) is 0 Å². The van der Waals surface area contributed by atoms with Crippen molar-refractivity contribution in [2.45, 2.75) is 19.8 Å². The van der Waals surface area contributed by atoms with Crippen LogP contribution in [0.5, 0.6) is 5.75 Å². The second kappa shape index (κ2) is 7.37. The van der Waals surface area contributed by atoms with Crippen molar-refractivity contribution in [1.29, 1.82) is 0 Å². The monoisotopic (exact) mass is 374 g/mol. The fraction of sp³-hybridized carbons (Fsp3) is 0.316. The Labute approximate surface area is 153 Å². The average Bonchev–Trinajstić information content (AvgIpc) is 2.67. The normalized spacial score (nSPS) is 13.8. The molecule has 1 aliphatic rings. The van der Waals surface area contributed by atoms with Gasteiger partial charge in [0, 0.05) is 17.8 Å². The van der Waals surface area contributed by atoms with Crippen molar-refractivity contribution in [1.82, 2.24) is 0 Å². The molecule has 0 spiro atoms. The van der Waals surface area contributed by atoms with Gasteiger partial charge in [0.2, 0.25) is 10.0 Å². The zero-order valence-electron chi connectivity index (χ0n) is 14.9. The highest BCUT2D eigenvalue weighted by molar-refractivity contribution is 7.92. The first-order valence-electron chi connectivity index (χ1n) is 8.53. The first kappa shape index (κ1) is 18.3. The van der Waals surface area contributed by atoms with Crippen LogP contribution in [-0.2, 0) is 16.4 Å². The second-order valence-electron chi connectivity index (χ2n) is 6.10. The van der Waals surface area contributed by atoms with Crippen molar-refractivity contribution in [2.24, 2.45) is 0 Å². The summed E-state index contributed by atoms with van der Waals surface area (Å²) >= 11 is 0. The minimum atomic E-state index is -3.30. The Kier molecular flexibility index (Phi) is 5.18. The molecule has 0 aliphatic carbocycles. The lowest BCUT2D eigenvalue weighted by atomic mass is 10.0. The van der Waals surface area contributed by atoms with E-state index in [0.717, 1.165) is 18.4 Å². The Bertz CT molecular complexity index is 908. The van der Waals surface area contributed by atoms with Crippen molar-refractivity contribution >= 4 is 27.3 Å². The van der Waals surface area contributed by atoms with Crippen LogP contribution in [0, 0.1) is 0 Å². The molecule has 2 aromatic rings. The molecule has 1 amide bonds. The number of amides is 1. The molecule has 1 aliphatic heterocycles. The van der Waals surface area contributed by atoms with Gasteiger partial charge in [0.05, 0.1) is 18.6 Å². The van der Waals surface area contributed by atoms with E-state index in [1.54, 1.807) is 56.5 Å². The molecule has 1 heterocycles. The number of nitrogens with zero attached hydrogens (tertiary/aromatic N) is 1. The van der Waals surface area contributed by atoms with Crippen LogP contribution < -0.4 is 14.4 Å². The van der Waals surface area contributed by atoms with Gasteiger partial charge in [0.25, 0.3) is 5.91 Å². The van der Waals surface area contributed by atoms with E-state index in [2.05, 4.69) is 5.32 Å². The van der Waals surface area contributed by atoms with E-state index in [0.29, 0.717) is 29.2 Å². The number of ether oxygens (including phenoxy) is 1. The number of nitrogens with one attached hydrogen (secondary N) is 1. The molecule has 0 aromatic heterocycles. The van der Waals surface area contributed by atoms with Gasteiger partial charge in [0.1, 0.15) is 5.75 Å². The Hall–Kier alpha value is -2.54. The van der Waals surface area contributed by atoms with Crippen molar-refractivity contribution in [2.75, 3.05) is 29.0 Å². The third kappa shape index (κ3) is 3.67. The van der Waals surface area contributed by atoms with Gasteiger partial charge >= 0.3 is 0 Å². The standard InChI is InChI=1S/C19H22N2O4S/c1-3-26(23,24)21-12-4-5-14-13-15(6-11-18(14)21)19(22)20-16-7-9-17(25-2)10-8-16/h6-11,13H,3-5,12H2,1-2H3,(H,20,22). The Morgan fingerprint density at radius 2 is 1.92 bits per heavy atom. The molecule has 0 bridgehead atoms. The minimum Gasteiger partial charge on any atom is -0.497 e. The Morgan fingerprint density at radius 1 is 1.19 bits per heavy atom. The lowest BCUT2D eigenvalue weighted by Gasteiger charge is -2.30. The minimum absolute atomic E-state index is 0.0617. The fourth-order valence-electron chi connectivity index (χ4n) is 3.03. The molecule has 0 saturated heterocycles. The summed E-state index contributed by atoms with van der Waals surface area (Å²) in [6.45, 7) is 2.13. The van der Waals surface area contributed by atoms with Crippen LogP contribution in [0.3, 0.4) is 0 Å². The number of fused-ring (bicyclic) bond motifs is 1. The fourth-order valence-corrected chi connectivity index (χ4v) is 4.22. The van der Waals surface area contributed by atoms with Crippen molar-refractivity contribution in [3.8, 4) is 5.75 Å². The molecule has 2 aromatic carbocycles. The molecular weight excluding hydrogens is 352 g/mol. The zero-order valence-corrected chi connectivity index (χ0v) is 15.7. The summed E-state index contributed by atoms with van der Waals surface area (Å²) in [4.78, 5) is 12.5. The highest BCUT2D eigenvalue weighted by Crippen LogP contribution is 2.30. The van der Waals surface area contributed by atoms with Gasteiger partial charge in [-0.1, -0.05) is 0 Å². The van der Waals surface area contributed by atoms with Gasteiger partial charge in [-0.15, -0.1) is 0 Å². The lowest BCUT2D eigenvalue weighted by molar-refractivity contribution is 0.102.